The molecule has 3 aromatic rings. The standard InChI is InChI=1S/C23H22N2O5S/c1-23(24,22(29)30-2)20(27)19-17(15-8-4-3-5-9-15)12-18(31-19)21(28)25-13-14-7-6-10-16(26)11-14/h3-12,26H,13,24H2,1-2H3,(H,25,28). The number of rotatable bonds is 7. The van der Waals surface area contributed by atoms with E-state index in [0.29, 0.717) is 10.4 Å². The maximum atomic E-state index is 13.1. The molecule has 0 spiro atoms. The molecular formula is C23H22N2O5S. The van der Waals surface area contributed by atoms with Gasteiger partial charge in [0.05, 0.1) is 16.9 Å². The Balaban J connectivity index is 1.94. The van der Waals surface area contributed by atoms with E-state index in [9.17, 15) is 19.5 Å². The highest BCUT2D eigenvalue weighted by atomic mass is 32.1. The summed E-state index contributed by atoms with van der Waals surface area (Å²) < 4.78 is 4.67. The first-order chi connectivity index (χ1) is 14.7. The topological polar surface area (TPSA) is 119 Å². The normalized spacial score (nSPS) is 12.6. The quantitative estimate of drug-likeness (QED) is 0.296. The summed E-state index contributed by atoms with van der Waals surface area (Å²) in [5.74, 6) is -1.77. The molecule has 1 amide bonds. The highest BCUT2D eigenvalue weighted by molar-refractivity contribution is 7.16. The zero-order valence-corrected chi connectivity index (χ0v) is 17.9. The number of ketones is 1. The molecule has 0 aliphatic carbocycles. The summed E-state index contributed by atoms with van der Waals surface area (Å²) >= 11 is 0.965. The van der Waals surface area contributed by atoms with Crippen molar-refractivity contribution in [1.82, 2.24) is 5.32 Å². The summed E-state index contributed by atoms with van der Waals surface area (Å²) in [7, 11) is 1.16. The fourth-order valence-corrected chi connectivity index (χ4v) is 4.13. The lowest BCUT2D eigenvalue weighted by atomic mass is 9.93. The second-order valence-electron chi connectivity index (χ2n) is 7.10. The van der Waals surface area contributed by atoms with E-state index in [4.69, 9.17) is 5.73 Å². The molecule has 3 rings (SSSR count). The predicted octanol–water partition coefficient (Wildman–Crippen LogP) is 3.12. The zero-order valence-electron chi connectivity index (χ0n) is 17.0. The minimum Gasteiger partial charge on any atom is -0.508 e. The number of esters is 1. The van der Waals surface area contributed by atoms with Gasteiger partial charge in [0.2, 0.25) is 5.78 Å². The first-order valence-electron chi connectivity index (χ1n) is 9.41. The average Bonchev–Trinajstić information content (AvgIpc) is 3.22. The molecule has 7 nitrogen and oxygen atoms in total. The van der Waals surface area contributed by atoms with E-state index in [-0.39, 0.29) is 23.1 Å². The molecule has 4 N–H and O–H groups in total. The average molecular weight is 439 g/mol. The van der Waals surface area contributed by atoms with Crippen LogP contribution in [0.25, 0.3) is 11.1 Å². The highest BCUT2D eigenvalue weighted by Gasteiger charge is 2.41. The molecule has 1 unspecified atom stereocenters. The molecule has 0 bridgehead atoms. The van der Waals surface area contributed by atoms with Gasteiger partial charge in [-0.3, -0.25) is 9.59 Å². The Hall–Kier alpha value is -3.49. The lowest BCUT2D eigenvalue weighted by Crippen LogP contribution is -2.52. The molecule has 0 saturated heterocycles. The van der Waals surface area contributed by atoms with E-state index >= 15 is 0 Å². The second-order valence-corrected chi connectivity index (χ2v) is 8.15. The van der Waals surface area contributed by atoms with Crippen molar-refractivity contribution in [1.29, 1.82) is 0 Å². The number of hydrogen-bond donors (Lipinski definition) is 3. The van der Waals surface area contributed by atoms with Gasteiger partial charge in [0, 0.05) is 12.1 Å². The van der Waals surface area contributed by atoms with Crippen LogP contribution >= 0.6 is 11.3 Å². The largest absolute Gasteiger partial charge is 0.508 e. The third kappa shape index (κ3) is 4.82. The number of amides is 1. The summed E-state index contributed by atoms with van der Waals surface area (Å²) in [6, 6.07) is 17.2. The third-order valence-corrected chi connectivity index (χ3v) is 5.82. The van der Waals surface area contributed by atoms with Crippen molar-refractivity contribution in [2.45, 2.75) is 19.0 Å². The number of methoxy groups -OCH3 is 1. The number of ether oxygens (including phenoxy) is 1. The van der Waals surface area contributed by atoms with Gasteiger partial charge in [0.1, 0.15) is 5.75 Å². The van der Waals surface area contributed by atoms with Crippen molar-refractivity contribution in [3.63, 3.8) is 0 Å². The van der Waals surface area contributed by atoms with Crippen LogP contribution in [0, 0.1) is 0 Å². The van der Waals surface area contributed by atoms with Gasteiger partial charge >= 0.3 is 5.97 Å². The number of aromatic hydroxyl groups is 1. The fourth-order valence-electron chi connectivity index (χ4n) is 2.98. The number of carbonyl (C=O) groups is 3. The Morgan fingerprint density at radius 2 is 1.81 bits per heavy atom. The van der Waals surface area contributed by atoms with Crippen LogP contribution in [0.2, 0.25) is 0 Å². The van der Waals surface area contributed by atoms with E-state index in [1.54, 1.807) is 42.5 Å². The van der Waals surface area contributed by atoms with E-state index in [1.807, 2.05) is 18.2 Å². The van der Waals surface area contributed by atoms with Crippen LogP contribution in [-0.4, -0.2) is 35.4 Å². The van der Waals surface area contributed by atoms with E-state index < -0.39 is 17.3 Å². The lowest BCUT2D eigenvalue weighted by molar-refractivity contribution is -0.144. The number of carbonyl (C=O) groups excluding carboxylic acids is 3. The van der Waals surface area contributed by atoms with Crippen LogP contribution in [0.3, 0.4) is 0 Å². The number of nitrogens with two attached hydrogens (primary N) is 1. The van der Waals surface area contributed by atoms with Crippen LogP contribution in [0.1, 0.15) is 31.8 Å². The minimum atomic E-state index is -1.89. The summed E-state index contributed by atoms with van der Waals surface area (Å²) in [4.78, 5) is 38.5. The molecule has 160 valence electrons. The maximum absolute atomic E-state index is 13.1. The lowest BCUT2D eigenvalue weighted by Gasteiger charge is -2.19. The number of phenolic OH excluding ortho intramolecular Hbond substituents is 1. The van der Waals surface area contributed by atoms with Crippen LogP contribution < -0.4 is 11.1 Å². The smallest absolute Gasteiger partial charge is 0.333 e. The van der Waals surface area contributed by atoms with Crippen LogP contribution in [-0.2, 0) is 16.1 Å². The van der Waals surface area contributed by atoms with Gasteiger partial charge in [-0.1, -0.05) is 42.5 Å². The Kier molecular flexibility index (Phi) is 6.53. The first-order valence-corrected chi connectivity index (χ1v) is 10.2. The molecule has 1 aromatic heterocycles. The van der Waals surface area contributed by atoms with E-state index in [2.05, 4.69) is 10.1 Å². The SMILES string of the molecule is COC(=O)C(C)(N)C(=O)c1sc(C(=O)NCc2cccc(O)c2)cc1-c1ccccc1. The molecule has 0 aliphatic rings. The second kappa shape index (κ2) is 9.11. The summed E-state index contributed by atoms with van der Waals surface area (Å²) in [5, 5.41) is 12.3. The van der Waals surface area contributed by atoms with Gasteiger partial charge in [-0.2, -0.15) is 0 Å². The molecule has 8 heteroatoms. The predicted molar refractivity (Wildman–Crippen MR) is 118 cm³/mol. The number of benzene rings is 2. The number of thiophene rings is 1. The highest BCUT2D eigenvalue weighted by Crippen LogP contribution is 2.34. The number of Topliss-reactive ketones (excluding diaryl/α,β-unsaturated/α-hetero) is 1. The van der Waals surface area contributed by atoms with Crippen molar-refractivity contribution in [3.8, 4) is 16.9 Å². The molecule has 2 aromatic carbocycles. The Bertz CT molecular complexity index is 1120. The number of hydrogen-bond acceptors (Lipinski definition) is 7. The number of nitrogens with one attached hydrogen (secondary N) is 1. The Morgan fingerprint density at radius 3 is 2.45 bits per heavy atom. The zero-order chi connectivity index (χ0) is 22.6. The molecular weight excluding hydrogens is 416 g/mol. The van der Waals surface area contributed by atoms with Gasteiger partial charge in [-0.15, -0.1) is 11.3 Å². The van der Waals surface area contributed by atoms with Crippen LogP contribution in [0.15, 0.2) is 60.7 Å². The van der Waals surface area contributed by atoms with Crippen molar-refractivity contribution < 1.29 is 24.2 Å². The third-order valence-electron chi connectivity index (χ3n) is 4.69. The monoisotopic (exact) mass is 438 g/mol. The summed E-state index contributed by atoms with van der Waals surface area (Å²) in [5.41, 5.74) is 6.05. The van der Waals surface area contributed by atoms with Crippen molar-refractivity contribution in [2.24, 2.45) is 5.73 Å². The maximum Gasteiger partial charge on any atom is 0.333 e. The van der Waals surface area contributed by atoms with Gasteiger partial charge in [-0.25, -0.2) is 4.79 Å². The number of phenols is 1. The van der Waals surface area contributed by atoms with Crippen LogP contribution in [0.5, 0.6) is 5.75 Å². The minimum absolute atomic E-state index is 0.104. The molecule has 1 heterocycles. The molecule has 0 radical (unpaired) electrons. The molecule has 1 atom stereocenters. The Labute approximate surface area is 183 Å². The van der Waals surface area contributed by atoms with Crippen LogP contribution in [0.4, 0.5) is 0 Å². The van der Waals surface area contributed by atoms with Crippen molar-refractivity contribution >= 4 is 29.0 Å². The van der Waals surface area contributed by atoms with Gasteiger partial charge in [0.25, 0.3) is 5.91 Å². The van der Waals surface area contributed by atoms with E-state index in [1.165, 1.54) is 6.92 Å². The fraction of sp³-hybridized carbons (Fsp3) is 0.174. The van der Waals surface area contributed by atoms with Gasteiger partial charge < -0.3 is 20.9 Å². The molecule has 0 saturated carbocycles. The summed E-state index contributed by atoms with van der Waals surface area (Å²) in [6.07, 6.45) is 0. The van der Waals surface area contributed by atoms with E-state index in [0.717, 1.165) is 29.6 Å². The van der Waals surface area contributed by atoms with Gasteiger partial charge in [0.15, 0.2) is 5.54 Å². The first kappa shape index (κ1) is 22.2. The van der Waals surface area contributed by atoms with Crippen molar-refractivity contribution in [3.05, 3.63) is 76.0 Å². The molecule has 31 heavy (non-hydrogen) atoms. The van der Waals surface area contributed by atoms with Gasteiger partial charge in [-0.05, 0) is 36.2 Å². The Morgan fingerprint density at radius 1 is 1.10 bits per heavy atom. The van der Waals surface area contributed by atoms with Crippen molar-refractivity contribution in [2.75, 3.05) is 7.11 Å². The molecule has 0 fully saturated rings. The molecule has 0 aliphatic heterocycles. The summed E-state index contributed by atoms with van der Waals surface area (Å²) in [6.45, 7) is 1.49.